The fraction of sp³-hybridized carbons (Fsp3) is 0.185. The summed E-state index contributed by atoms with van der Waals surface area (Å²) >= 11 is 0. The van der Waals surface area contributed by atoms with Crippen LogP contribution in [0.2, 0.25) is 0 Å². The minimum Gasteiger partial charge on any atom is -0.510 e. The van der Waals surface area contributed by atoms with E-state index in [1.807, 2.05) is 52.0 Å². The minimum atomic E-state index is -0.226. The van der Waals surface area contributed by atoms with Gasteiger partial charge in [-0.3, -0.25) is 4.57 Å². The number of hydrogen-bond donors (Lipinski definition) is 0. The fourth-order valence-electron chi connectivity index (χ4n) is 8.05. The molecule has 6 aromatic carbocycles. The summed E-state index contributed by atoms with van der Waals surface area (Å²) in [6, 6.07) is 58.2. The first-order valence-electron chi connectivity index (χ1n) is 20.3. The number of aromatic nitrogens is 4. The number of benzene rings is 6. The van der Waals surface area contributed by atoms with Gasteiger partial charge in [0.05, 0.1) is 5.69 Å². The van der Waals surface area contributed by atoms with Gasteiger partial charge in [0, 0.05) is 67.5 Å². The Morgan fingerprint density at radius 3 is 1.92 bits per heavy atom. The second-order valence-corrected chi connectivity index (χ2v) is 17.5. The number of rotatable bonds is 9. The standard InChI is InChI=1S/C54H48N4O.Pt/c1-52(2,3)40-24-27-49-48(33-40)47-26-25-46(36-50(47)58(49)51-34-42(28-29-55-51)54(6,7)39-18-12-9-13-19-39)59-45-23-15-22-44(35-45)57-31-30-56(37-57)43-21-14-20-41(32-43)53(4,5)38-16-10-8-11-17-38;/h8-34H,1-7H3;/q-2;. The van der Waals surface area contributed by atoms with Gasteiger partial charge < -0.3 is 13.9 Å². The van der Waals surface area contributed by atoms with Crippen molar-refractivity contribution < 1.29 is 30.4 Å². The number of imidazole rings is 1. The van der Waals surface area contributed by atoms with E-state index in [9.17, 15) is 0 Å². The van der Waals surface area contributed by atoms with E-state index in [0.717, 1.165) is 39.0 Å². The SMILES string of the molecule is CC(C)(C)c1ccc2c(c1)c1ccc(Oc3[c-]c(-n4[c-][n+](-c5cccc(C(C)(C)c6ccccc6)c5)cc4)ccc3)[c-]c1n2-c1cc(C(C)(C)c2ccccc2)ccn1.[Pt]. The maximum absolute atomic E-state index is 6.56. The van der Waals surface area contributed by atoms with Crippen LogP contribution in [0.25, 0.3) is 39.0 Å². The number of ether oxygens (including phenoxy) is 1. The second kappa shape index (κ2) is 15.9. The van der Waals surface area contributed by atoms with Crippen LogP contribution >= 0.6 is 0 Å². The van der Waals surface area contributed by atoms with E-state index >= 15 is 0 Å². The molecule has 0 fully saturated rings. The molecule has 5 nitrogen and oxygen atoms in total. The monoisotopic (exact) mass is 963 g/mol. The third-order valence-electron chi connectivity index (χ3n) is 11.9. The Hall–Kier alpha value is -6.03. The molecule has 0 bridgehead atoms. The van der Waals surface area contributed by atoms with Gasteiger partial charge in [0.15, 0.2) is 0 Å². The first-order valence-corrected chi connectivity index (χ1v) is 20.3. The molecule has 0 atom stereocenters. The van der Waals surface area contributed by atoms with Gasteiger partial charge in [-0.25, -0.2) is 4.98 Å². The van der Waals surface area contributed by atoms with Gasteiger partial charge in [0.1, 0.15) is 5.82 Å². The van der Waals surface area contributed by atoms with Crippen molar-refractivity contribution in [3.8, 4) is 28.7 Å². The summed E-state index contributed by atoms with van der Waals surface area (Å²) in [7, 11) is 0. The number of fused-ring (bicyclic) bond motifs is 3. The van der Waals surface area contributed by atoms with Gasteiger partial charge in [0.2, 0.25) is 0 Å². The van der Waals surface area contributed by atoms with Crippen molar-refractivity contribution in [2.45, 2.75) is 64.7 Å². The quantitative estimate of drug-likeness (QED) is 0.107. The van der Waals surface area contributed by atoms with E-state index in [1.54, 1.807) is 0 Å². The summed E-state index contributed by atoms with van der Waals surface area (Å²) in [6.07, 6.45) is 9.42. The van der Waals surface area contributed by atoms with E-state index in [2.05, 4.69) is 193 Å². The van der Waals surface area contributed by atoms with Crippen molar-refractivity contribution in [3.63, 3.8) is 0 Å². The Morgan fingerprint density at radius 2 is 1.22 bits per heavy atom. The Balaban J connectivity index is 0.00000499. The maximum atomic E-state index is 6.56. The average molecular weight is 964 g/mol. The van der Waals surface area contributed by atoms with Gasteiger partial charge in [-0.05, 0) is 74.6 Å². The Morgan fingerprint density at radius 1 is 0.567 bits per heavy atom. The molecular weight excluding hydrogens is 916 g/mol. The van der Waals surface area contributed by atoms with Crippen LogP contribution in [-0.4, -0.2) is 14.1 Å². The molecule has 0 spiro atoms. The molecule has 3 aromatic heterocycles. The van der Waals surface area contributed by atoms with Crippen molar-refractivity contribution in [2.75, 3.05) is 0 Å². The molecular formula is C54H48N4OPt-2. The zero-order valence-electron chi connectivity index (χ0n) is 35.1. The molecule has 0 saturated carbocycles. The van der Waals surface area contributed by atoms with Crippen molar-refractivity contribution in [2.24, 2.45) is 0 Å². The van der Waals surface area contributed by atoms with Crippen LogP contribution in [0.5, 0.6) is 11.5 Å². The first kappa shape index (κ1) is 40.7. The smallest absolute Gasteiger partial charge is 0.267 e. The van der Waals surface area contributed by atoms with Crippen LogP contribution in [0, 0.1) is 18.5 Å². The average Bonchev–Trinajstić information content (AvgIpc) is 3.88. The van der Waals surface area contributed by atoms with Crippen molar-refractivity contribution in [3.05, 3.63) is 210 Å². The van der Waals surface area contributed by atoms with Gasteiger partial charge in [0.25, 0.3) is 6.33 Å². The second-order valence-electron chi connectivity index (χ2n) is 17.5. The molecule has 0 aliphatic heterocycles. The van der Waals surface area contributed by atoms with E-state index in [0.29, 0.717) is 11.5 Å². The molecule has 9 aromatic rings. The van der Waals surface area contributed by atoms with Crippen LogP contribution in [0.15, 0.2) is 164 Å². The molecule has 0 radical (unpaired) electrons. The fourth-order valence-corrected chi connectivity index (χ4v) is 8.05. The summed E-state index contributed by atoms with van der Waals surface area (Å²) in [4.78, 5) is 4.96. The molecule has 0 saturated heterocycles. The first-order chi connectivity index (χ1) is 28.4. The van der Waals surface area contributed by atoms with Crippen molar-refractivity contribution in [1.29, 1.82) is 0 Å². The summed E-state index contributed by atoms with van der Waals surface area (Å²) in [5, 5.41) is 2.25. The normalized spacial score (nSPS) is 12.1. The summed E-state index contributed by atoms with van der Waals surface area (Å²) in [5.41, 5.74) is 9.65. The number of nitrogens with zero attached hydrogens (tertiary/aromatic N) is 4. The van der Waals surface area contributed by atoms with E-state index in [-0.39, 0.29) is 37.3 Å². The largest absolute Gasteiger partial charge is 0.510 e. The van der Waals surface area contributed by atoms with Gasteiger partial charge >= 0.3 is 0 Å². The Labute approximate surface area is 368 Å². The van der Waals surface area contributed by atoms with Crippen molar-refractivity contribution >= 4 is 21.8 Å². The topological polar surface area (TPSA) is 35.9 Å². The van der Waals surface area contributed by atoms with Gasteiger partial charge in [-0.2, -0.15) is 18.2 Å². The third-order valence-corrected chi connectivity index (χ3v) is 11.9. The van der Waals surface area contributed by atoms with Crippen molar-refractivity contribution in [1.82, 2.24) is 14.1 Å². The number of pyridine rings is 1. The van der Waals surface area contributed by atoms with Crippen LogP contribution in [-0.2, 0) is 37.3 Å². The van der Waals surface area contributed by atoms with E-state index in [4.69, 9.17) is 9.72 Å². The van der Waals surface area contributed by atoms with Gasteiger partial charge in [-0.1, -0.05) is 139 Å². The molecule has 302 valence electrons. The molecule has 0 aliphatic rings. The van der Waals surface area contributed by atoms with Crippen LogP contribution in [0.1, 0.15) is 76.3 Å². The Kier molecular flexibility index (Phi) is 10.8. The molecule has 0 unspecified atom stereocenters. The van der Waals surface area contributed by atoms with Crippen LogP contribution < -0.4 is 9.30 Å². The zero-order valence-corrected chi connectivity index (χ0v) is 37.4. The van der Waals surface area contributed by atoms with E-state index < -0.39 is 0 Å². The summed E-state index contributed by atoms with van der Waals surface area (Å²) in [6.45, 7) is 15.8. The molecule has 9 rings (SSSR count). The predicted octanol–water partition coefficient (Wildman–Crippen LogP) is 12.4. The van der Waals surface area contributed by atoms with Crippen LogP contribution in [0.3, 0.4) is 0 Å². The Bertz CT molecular complexity index is 2950. The predicted molar refractivity (Wildman–Crippen MR) is 238 cm³/mol. The molecule has 0 aliphatic carbocycles. The molecule has 0 N–H and O–H groups in total. The van der Waals surface area contributed by atoms with Crippen LogP contribution in [0.4, 0.5) is 0 Å². The van der Waals surface area contributed by atoms with Gasteiger partial charge in [-0.15, -0.1) is 29.7 Å². The molecule has 6 heteroatoms. The summed E-state index contributed by atoms with van der Waals surface area (Å²) < 4.78 is 12.7. The minimum absolute atomic E-state index is 0. The molecule has 60 heavy (non-hydrogen) atoms. The van der Waals surface area contributed by atoms with E-state index in [1.165, 1.54) is 27.8 Å². The maximum Gasteiger partial charge on any atom is 0.267 e. The zero-order chi connectivity index (χ0) is 40.9. The number of hydrogen-bond acceptors (Lipinski definition) is 2. The molecule has 3 heterocycles. The molecule has 0 amide bonds. The third kappa shape index (κ3) is 7.64. The summed E-state index contributed by atoms with van der Waals surface area (Å²) in [5.74, 6) is 2.01.